The molecule has 5 heteroatoms. The normalized spacial score (nSPS) is 15.4. The Bertz CT molecular complexity index is 1320. The molecule has 0 unspecified atom stereocenters. The lowest BCUT2D eigenvalue weighted by Crippen LogP contribution is -2.48. The van der Waals surface area contributed by atoms with Gasteiger partial charge in [0.2, 0.25) is 5.91 Å². The van der Waals surface area contributed by atoms with E-state index in [1.807, 2.05) is 17.0 Å². The number of likely N-dealkylation sites (N-methyl/N-ethyl adjacent to an activating group) is 1. The summed E-state index contributed by atoms with van der Waals surface area (Å²) in [7, 11) is 0. The van der Waals surface area contributed by atoms with Gasteiger partial charge in [-0.25, -0.2) is 4.39 Å². The maximum Gasteiger partial charge on any atom is 0.223 e. The van der Waals surface area contributed by atoms with Gasteiger partial charge in [0.1, 0.15) is 5.82 Å². The summed E-state index contributed by atoms with van der Waals surface area (Å²) in [5, 5.41) is 1.14. The molecule has 1 saturated heterocycles. The predicted octanol–water partition coefficient (Wildman–Crippen LogP) is 5.82. The number of fused-ring (bicyclic) bond motifs is 1. The third kappa shape index (κ3) is 5.21. The van der Waals surface area contributed by atoms with Gasteiger partial charge in [0.25, 0.3) is 0 Å². The highest BCUT2D eigenvalue weighted by atomic mass is 19.1. The summed E-state index contributed by atoms with van der Waals surface area (Å²) < 4.78 is 16.1. The van der Waals surface area contributed by atoms with E-state index in [4.69, 9.17) is 0 Å². The second kappa shape index (κ2) is 10.7. The van der Waals surface area contributed by atoms with Crippen LogP contribution in [-0.4, -0.2) is 53.0 Å². The van der Waals surface area contributed by atoms with E-state index >= 15 is 0 Å². The van der Waals surface area contributed by atoms with Crippen molar-refractivity contribution < 1.29 is 9.18 Å². The van der Waals surface area contributed by atoms with Crippen molar-refractivity contribution in [3.8, 4) is 0 Å². The van der Waals surface area contributed by atoms with Crippen molar-refractivity contribution in [1.82, 2.24) is 14.4 Å². The number of amides is 1. The van der Waals surface area contributed by atoms with Crippen LogP contribution in [0.15, 0.2) is 79.0 Å². The van der Waals surface area contributed by atoms with Crippen LogP contribution in [-0.2, 0) is 11.3 Å². The molecule has 4 nitrogen and oxygen atoms in total. The number of carbonyl (C=O) groups is 1. The monoisotopic (exact) mass is 483 g/mol. The molecule has 0 bridgehead atoms. The molecule has 1 aliphatic heterocycles. The standard InChI is InChI=1S/C31H34FN3O/c1-3-33-16-18-34(19-17-33)31(36)20-28(25-12-14-26(32)15-13-25)29-22-35(30-7-5-4-6-27(29)30)21-24-10-8-23(2)9-11-24/h4-15,22,28H,3,16-21H2,1-2H3/t28-/m0/s1. The minimum atomic E-state index is -0.263. The van der Waals surface area contributed by atoms with Crippen LogP contribution in [0.4, 0.5) is 4.39 Å². The number of aromatic nitrogens is 1. The first-order valence-electron chi connectivity index (χ1n) is 12.9. The number of piperazine rings is 1. The zero-order valence-corrected chi connectivity index (χ0v) is 21.2. The molecule has 36 heavy (non-hydrogen) atoms. The summed E-state index contributed by atoms with van der Waals surface area (Å²) in [5.74, 6) is -0.247. The van der Waals surface area contributed by atoms with E-state index in [0.717, 1.165) is 61.3 Å². The molecule has 1 fully saturated rings. The highest BCUT2D eigenvalue weighted by Gasteiger charge is 2.27. The largest absolute Gasteiger partial charge is 0.343 e. The van der Waals surface area contributed by atoms with Gasteiger partial charge in [-0.3, -0.25) is 4.79 Å². The molecule has 2 heterocycles. The van der Waals surface area contributed by atoms with Gasteiger partial charge in [-0.2, -0.15) is 0 Å². The number of para-hydroxylation sites is 1. The van der Waals surface area contributed by atoms with Gasteiger partial charge in [0.15, 0.2) is 0 Å². The lowest BCUT2D eigenvalue weighted by molar-refractivity contribution is -0.133. The molecular formula is C31H34FN3O. The zero-order chi connectivity index (χ0) is 25.1. The fourth-order valence-corrected chi connectivity index (χ4v) is 5.29. The van der Waals surface area contributed by atoms with E-state index < -0.39 is 0 Å². The summed E-state index contributed by atoms with van der Waals surface area (Å²) in [6.07, 6.45) is 2.57. The van der Waals surface area contributed by atoms with Crippen molar-refractivity contribution >= 4 is 16.8 Å². The zero-order valence-electron chi connectivity index (χ0n) is 21.2. The molecule has 186 valence electrons. The number of hydrogen-bond acceptors (Lipinski definition) is 2. The van der Waals surface area contributed by atoms with E-state index in [1.54, 1.807) is 0 Å². The second-order valence-electron chi connectivity index (χ2n) is 9.84. The Morgan fingerprint density at radius 2 is 1.61 bits per heavy atom. The Labute approximate surface area is 213 Å². The maximum atomic E-state index is 13.8. The summed E-state index contributed by atoms with van der Waals surface area (Å²) in [4.78, 5) is 17.9. The van der Waals surface area contributed by atoms with E-state index in [-0.39, 0.29) is 17.6 Å². The summed E-state index contributed by atoms with van der Waals surface area (Å²) in [6.45, 7) is 9.38. The third-order valence-corrected chi connectivity index (χ3v) is 7.49. The predicted molar refractivity (Wildman–Crippen MR) is 144 cm³/mol. The van der Waals surface area contributed by atoms with Crippen molar-refractivity contribution in [2.45, 2.75) is 32.7 Å². The van der Waals surface area contributed by atoms with Crippen LogP contribution in [0.2, 0.25) is 0 Å². The minimum Gasteiger partial charge on any atom is -0.343 e. The van der Waals surface area contributed by atoms with Gasteiger partial charge >= 0.3 is 0 Å². The van der Waals surface area contributed by atoms with Crippen molar-refractivity contribution in [2.75, 3.05) is 32.7 Å². The van der Waals surface area contributed by atoms with Crippen LogP contribution in [0.3, 0.4) is 0 Å². The van der Waals surface area contributed by atoms with Crippen LogP contribution < -0.4 is 0 Å². The first kappa shape index (κ1) is 24.3. The minimum absolute atomic E-state index is 0.147. The summed E-state index contributed by atoms with van der Waals surface area (Å²) in [5.41, 5.74) is 5.70. The van der Waals surface area contributed by atoms with Crippen LogP contribution >= 0.6 is 0 Å². The Balaban J connectivity index is 1.50. The van der Waals surface area contributed by atoms with E-state index in [1.165, 1.54) is 23.3 Å². The van der Waals surface area contributed by atoms with Crippen LogP contribution in [0, 0.1) is 12.7 Å². The maximum absolute atomic E-state index is 13.8. The molecule has 0 radical (unpaired) electrons. The molecule has 4 aromatic rings. The SMILES string of the molecule is CCN1CCN(C(=O)C[C@@H](c2ccc(F)cc2)c2cn(Cc3ccc(C)cc3)c3ccccc23)CC1. The van der Waals surface area contributed by atoms with Crippen molar-refractivity contribution in [3.05, 3.63) is 107 Å². The van der Waals surface area contributed by atoms with Gasteiger partial charge in [-0.1, -0.05) is 67.1 Å². The Morgan fingerprint density at radius 1 is 0.917 bits per heavy atom. The molecule has 3 aromatic carbocycles. The summed E-state index contributed by atoms with van der Waals surface area (Å²) >= 11 is 0. The first-order valence-corrected chi connectivity index (χ1v) is 12.9. The molecule has 5 rings (SSSR count). The van der Waals surface area contributed by atoms with Crippen molar-refractivity contribution in [1.29, 1.82) is 0 Å². The number of benzene rings is 3. The molecule has 1 aliphatic rings. The van der Waals surface area contributed by atoms with Gasteiger partial charge in [0.05, 0.1) is 0 Å². The highest BCUT2D eigenvalue weighted by Crippen LogP contribution is 2.36. The third-order valence-electron chi connectivity index (χ3n) is 7.49. The van der Waals surface area contributed by atoms with E-state index in [2.05, 4.69) is 78.0 Å². The van der Waals surface area contributed by atoms with Crippen molar-refractivity contribution in [2.24, 2.45) is 0 Å². The van der Waals surface area contributed by atoms with Crippen LogP contribution in [0.1, 0.15) is 41.5 Å². The highest BCUT2D eigenvalue weighted by molar-refractivity contribution is 5.87. The number of hydrogen-bond donors (Lipinski definition) is 0. The molecule has 0 aliphatic carbocycles. The number of carbonyl (C=O) groups excluding carboxylic acids is 1. The summed E-state index contributed by atoms with van der Waals surface area (Å²) in [6, 6.07) is 23.7. The molecule has 1 amide bonds. The lowest BCUT2D eigenvalue weighted by Gasteiger charge is -2.34. The molecule has 0 spiro atoms. The lowest BCUT2D eigenvalue weighted by atomic mass is 9.87. The number of aryl methyl sites for hydroxylation is 1. The Hall–Kier alpha value is -3.44. The first-order chi connectivity index (χ1) is 17.5. The van der Waals surface area contributed by atoms with E-state index in [9.17, 15) is 9.18 Å². The topological polar surface area (TPSA) is 28.5 Å². The number of nitrogens with zero attached hydrogens (tertiary/aromatic N) is 3. The van der Waals surface area contributed by atoms with Gasteiger partial charge in [-0.05, 0) is 48.4 Å². The average molecular weight is 484 g/mol. The molecule has 1 aromatic heterocycles. The van der Waals surface area contributed by atoms with Crippen LogP contribution in [0.25, 0.3) is 10.9 Å². The smallest absolute Gasteiger partial charge is 0.223 e. The van der Waals surface area contributed by atoms with Gasteiger partial charge < -0.3 is 14.4 Å². The molecule has 0 saturated carbocycles. The van der Waals surface area contributed by atoms with E-state index in [0.29, 0.717) is 6.42 Å². The number of halogens is 1. The fourth-order valence-electron chi connectivity index (χ4n) is 5.29. The Kier molecular flexibility index (Phi) is 7.19. The molecule has 1 atom stereocenters. The van der Waals surface area contributed by atoms with Gasteiger partial charge in [0, 0.05) is 62.2 Å². The Morgan fingerprint density at radius 3 is 2.31 bits per heavy atom. The molecular weight excluding hydrogens is 449 g/mol. The van der Waals surface area contributed by atoms with Crippen molar-refractivity contribution in [3.63, 3.8) is 0 Å². The fraction of sp³-hybridized carbons (Fsp3) is 0.323. The molecule has 0 N–H and O–H groups in total. The van der Waals surface area contributed by atoms with Gasteiger partial charge in [-0.15, -0.1) is 0 Å². The van der Waals surface area contributed by atoms with Crippen LogP contribution in [0.5, 0.6) is 0 Å². The average Bonchev–Trinajstić information content (AvgIpc) is 3.27. The second-order valence-corrected chi connectivity index (χ2v) is 9.84. The quantitative estimate of drug-likeness (QED) is 0.331. The number of rotatable bonds is 7.